The lowest BCUT2D eigenvalue weighted by molar-refractivity contribution is 0.0472. The van der Waals surface area contributed by atoms with Gasteiger partial charge in [-0.05, 0) is 59.2 Å². The van der Waals surface area contributed by atoms with E-state index in [4.69, 9.17) is 4.74 Å². The molecule has 3 aromatic carbocycles. The van der Waals surface area contributed by atoms with Crippen LogP contribution >= 0.6 is 0 Å². The average molecular weight is 522 g/mol. The second-order valence-electron chi connectivity index (χ2n) is 8.39. The van der Waals surface area contributed by atoms with Crippen LogP contribution in [0.25, 0.3) is 5.69 Å². The molecule has 0 spiro atoms. The fourth-order valence-corrected chi connectivity index (χ4v) is 4.02. The fraction of sp³-hybridized carbons (Fsp3) is 0.222. The number of carbonyl (C=O) groups excluding carboxylic acids is 2. The van der Waals surface area contributed by atoms with E-state index in [0.717, 1.165) is 23.8 Å². The molecule has 0 radical (unpaired) electrons. The molecule has 0 aliphatic carbocycles. The summed E-state index contributed by atoms with van der Waals surface area (Å²) in [5.41, 5.74) is -0.551. The minimum atomic E-state index is -1.15. The molecule has 0 aliphatic heterocycles. The molecule has 1 aromatic heterocycles. The van der Waals surface area contributed by atoms with E-state index in [1.54, 1.807) is 18.2 Å². The molecular formula is C27H25F2N5O4. The first-order valence-corrected chi connectivity index (χ1v) is 12.0. The standard InChI is InChI=1S/C27H25F2N5O4/c1-3-20(4-2)32(21-13-8-12-19(16-21)25(35)38-17-18-10-6-5-7-11-18)26(36)34-27(37)33(30-31-34)24-22(28)14-9-15-23(24)29/h5-16,20H,3-4,17H2,1-2H3. The van der Waals surface area contributed by atoms with E-state index in [0.29, 0.717) is 27.9 Å². The van der Waals surface area contributed by atoms with Crippen molar-refractivity contribution < 1.29 is 23.1 Å². The molecule has 4 aromatic rings. The SMILES string of the molecule is CCC(CC)N(C(=O)n1nnn(-c2c(F)cccc2F)c1=O)c1cccc(C(=O)OCc2ccccc2)c1. The molecule has 0 N–H and O–H groups in total. The van der Waals surface area contributed by atoms with Crippen molar-refractivity contribution >= 4 is 17.7 Å². The highest BCUT2D eigenvalue weighted by molar-refractivity contribution is 5.96. The van der Waals surface area contributed by atoms with Crippen molar-refractivity contribution in [2.45, 2.75) is 39.3 Å². The Labute approximate surface area is 216 Å². The van der Waals surface area contributed by atoms with Crippen LogP contribution in [-0.2, 0) is 11.3 Å². The highest BCUT2D eigenvalue weighted by Gasteiger charge is 2.29. The van der Waals surface area contributed by atoms with Crippen molar-refractivity contribution in [1.82, 2.24) is 19.8 Å². The van der Waals surface area contributed by atoms with Gasteiger partial charge in [0.15, 0.2) is 11.6 Å². The first-order chi connectivity index (χ1) is 18.3. The minimum Gasteiger partial charge on any atom is -0.457 e. The van der Waals surface area contributed by atoms with E-state index in [1.165, 1.54) is 11.0 Å². The summed E-state index contributed by atoms with van der Waals surface area (Å²) in [6.07, 6.45) is 1.02. The van der Waals surface area contributed by atoms with Crippen molar-refractivity contribution in [2.24, 2.45) is 0 Å². The molecule has 1 amide bonds. The topological polar surface area (TPSA) is 99.3 Å². The van der Waals surface area contributed by atoms with E-state index in [1.807, 2.05) is 44.2 Å². The number of halogens is 2. The number of esters is 1. The normalized spacial score (nSPS) is 11.0. The molecule has 0 bridgehead atoms. The molecule has 0 saturated heterocycles. The summed E-state index contributed by atoms with van der Waals surface area (Å²) >= 11 is 0. The summed E-state index contributed by atoms with van der Waals surface area (Å²) in [5.74, 6) is -2.67. The van der Waals surface area contributed by atoms with Gasteiger partial charge < -0.3 is 4.74 Å². The summed E-state index contributed by atoms with van der Waals surface area (Å²) in [4.78, 5) is 40.6. The average Bonchev–Trinajstić information content (AvgIpc) is 3.31. The molecule has 0 atom stereocenters. The predicted octanol–water partition coefficient (Wildman–Crippen LogP) is 4.73. The maximum Gasteiger partial charge on any atom is 0.377 e. The summed E-state index contributed by atoms with van der Waals surface area (Å²) in [6.45, 7) is 3.80. The third kappa shape index (κ3) is 5.36. The Morgan fingerprint density at radius 1 is 0.921 bits per heavy atom. The van der Waals surface area contributed by atoms with Gasteiger partial charge in [-0.15, -0.1) is 4.68 Å². The van der Waals surface area contributed by atoms with E-state index < -0.39 is 35.0 Å². The van der Waals surface area contributed by atoms with Gasteiger partial charge in [-0.1, -0.05) is 56.3 Å². The van der Waals surface area contributed by atoms with E-state index in [2.05, 4.69) is 10.4 Å². The van der Waals surface area contributed by atoms with Crippen LogP contribution in [0.2, 0.25) is 0 Å². The molecule has 0 fully saturated rings. The van der Waals surface area contributed by atoms with Crippen LogP contribution in [0.1, 0.15) is 42.6 Å². The number of amides is 1. The quantitative estimate of drug-likeness (QED) is 0.246. The number of hydrogen-bond donors (Lipinski definition) is 0. The third-order valence-electron chi connectivity index (χ3n) is 6.00. The fourth-order valence-electron chi connectivity index (χ4n) is 4.02. The van der Waals surface area contributed by atoms with Crippen molar-refractivity contribution in [3.63, 3.8) is 0 Å². The van der Waals surface area contributed by atoms with E-state index in [-0.39, 0.29) is 18.2 Å². The zero-order chi connectivity index (χ0) is 27.2. The number of rotatable bonds is 8. The monoisotopic (exact) mass is 521 g/mol. The lowest BCUT2D eigenvalue weighted by Crippen LogP contribution is -2.46. The smallest absolute Gasteiger partial charge is 0.377 e. The number of anilines is 1. The van der Waals surface area contributed by atoms with Crippen molar-refractivity contribution in [1.29, 1.82) is 0 Å². The number of ether oxygens (including phenoxy) is 1. The van der Waals surface area contributed by atoms with Crippen molar-refractivity contribution in [2.75, 3.05) is 4.90 Å². The number of benzene rings is 3. The summed E-state index contributed by atoms with van der Waals surface area (Å²) < 4.78 is 34.8. The van der Waals surface area contributed by atoms with Gasteiger partial charge in [0.2, 0.25) is 0 Å². The number of carbonyl (C=O) groups is 2. The Morgan fingerprint density at radius 3 is 2.24 bits per heavy atom. The second-order valence-corrected chi connectivity index (χ2v) is 8.39. The first-order valence-electron chi connectivity index (χ1n) is 12.0. The van der Waals surface area contributed by atoms with Gasteiger partial charge >= 0.3 is 17.7 Å². The Morgan fingerprint density at radius 2 is 1.58 bits per heavy atom. The second kappa shape index (κ2) is 11.6. The van der Waals surface area contributed by atoms with Crippen molar-refractivity contribution in [3.05, 3.63) is 106 Å². The van der Waals surface area contributed by atoms with Crippen LogP contribution < -0.4 is 10.6 Å². The minimum absolute atomic E-state index is 0.0736. The van der Waals surface area contributed by atoms with Crippen LogP contribution in [0.5, 0.6) is 0 Å². The maximum absolute atomic E-state index is 14.3. The molecule has 0 aliphatic rings. The maximum atomic E-state index is 14.3. The Hall–Kier alpha value is -4.67. The van der Waals surface area contributed by atoms with Gasteiger partial charge in [0.05, 0.1) is 5.56 Å². The largest absolute Gasteiger partial charge is 0.457 e. The van der Waals surface area contributed by atoms with Crippen molar-refractivity contribution in [3.8, 4) is 5.69 Å². The van der Waals surface area contributed by atoms with Crippen LogP contribution in [-0.4, -0.2) is 37.8 Å². The molecule has 0 unspecified atom stereocenters. The summed E-state index contributed by atoms with van der Waals surface area (Å²) in [5, 5.41) is 7.12. The zero-order valence-corrected chi connectivity index (χ0v) is 20.8. The molecule has 38 heavy (non-hydrogen) atoms. The number of aromatic nitrogens is 4. The van der Waals surface area contributed by atoms with Gasteiger partial charge in [0, 0.05) is 11.7 Å². The Kier molecular flexibility index (Phi) is 8.05. The van der Waals surface area contributed by atoms with Crippen LogP contribution in [0.4, 0.5) is 19.3 Å². The van der Waals surface area contributed by atoms with Crippen LogP contribution in [0, 0.1) is 11.6 Å². The van der Waals surface area contributed by atoms with Gasteiger partial charge in [-0.25, -0.2) is 23.2 Å². The zero-order valence-electron chi connectivity index (χ0n) is 20.8. The van der Waals surface area contributed by atoms with E-state index >= 15 is 0 Å². The lowest BCUT2D eigenvalue weighted by Gasteiger charge is -2.30. The highest BCUT2D eigenvalue weighted by atomic mass is 19.1. The van der Waals surface area contributed by atoms with Crippen LogP contribution in [0.15, 0.2) is 77.6 Å². The predicted molar refractivity (Wildman–Crippen MR) is 135 cm³/mol. The van der Waals surface area contributed by atoms with Gasteiger partial charge in [0.1, 0.15) is 12.3 Å². The highest BCUT2D eigenvalue weighted by Crippen LogP contribution is 2.24. The lowest BCUT2D eigenvalue weighted by atomic mass is 10.1. The number of nitrogens with zero attached hydrogens (tertiary/aromatic N) is 5. The van der Waals surface area contributed by atoms with Gasteiger partial charge in [0.25, 0.3) is 0 Å². The number of para-hydroxylation sites is 1. The van der Waals surface area contributed by atoms with Gasteiger partial charge in [-0.3, -0.25) is 4.90 Å². The third-order valence-corrected chi connectivity index (χ3v) is 6.00. The van der Waals surface area contributed by atoms with Gasteiger partial charge in [-0.2, -0.15) is 4.68 Å². The molecule has 11 heteroatoms. The molecular weight excluding hydrogens is 496 g/mol. The first kappa shape index (κ1) is 26.4. The molecule has 196 valence electrons. The Bertz CT molecular complexity index is 1480. The molecule has 9 nitrogen and oxygen atoms in total. The molecule has 4 rings (SSSR count). The summed E-state index contributed by atoms with van der Waals surface area (Å²) in [6, 6.07) is 17.2. The van der Waals surface area contributed by atoms with E-state index in [9.17, 15) is 23.2 Å². The Balaban J connectivity index is 1.67. The molecule has 0 saturated carbocycles. The summed E-state index contributed by atoms with van der Waals surface area (Å²) in [7, 11) is 0. The molecule has 1 heterocycles. The van der Waals surface area contributed by atoms with Crippen LogP contribution in [0.3, 0.4) is 0 Å². The number of tetrazole rings is 1. The number of hydrogen-bond acceptors (Lipinski definition) is 6.